The lowest BCUT2D eigenvalue weighted by molar-refractivity contribution is -0.122. The number of rotatable bonds is 4. The van der Waals surface area contributed by atoms with Crippen LogP contribution in [0, 0.1) is 0 Å². The van der Waals surface area contributed by atoms with Crippen molar-refractivity contribution in [1.29, 1.82) is 0 Å². The van der Waals surface area contributed by atoms with Gasteiger partial charge in [-0.3, -0.25) is 4.79 Å². The first-order valence-electron chi connectivity index (χ1n) is 6.05. The highest BCUT2D eigenvalue weighted by molar-refractivity contribution is 9.10. The number of hydrogen-bond acceptors (Lipinski definition) is 3. The highest BCUT2D eigenvalue weighted by atomic mass is 79.9. The van der Waals surface area contributed by atoms with Gasteiger partial charge in [0.15, 0.2) is 0 Å². The minimum atomic E-state index is -1.10. The third-order valence-electron chi connectivity index (χ3n) is 3.15. The van der Waals surface area contributed by atoms with Crippen LogP contribution in [0.5, 0.6) is 5.75 Å². The summed E-state index contributed by atoms with van der Waals surface area (Å²) in [6.45, 7) is 1.69. The van der Waals surface area contributed by atoms with Gasteiger partial charge in [-0.1, -0.05) is 28.1 Å². The van der Waals surface area contributed by atoms with Crippen molar-refractivity contribution in [1.82, 2.24) is 0 Å². The summed E-state index contributed by atoms with van der Waals surface area (Å²) in [6, 6.07) is 13.9. The highest BCUT2D eigenvalue weighted by Gasteiger charge is 2.33. The van der Waals surface area contributed by atoms with Crippen molar-refractivity contribution in [3.05, 3.63) is 58.6 Å². The Hall–Kier alpha value is -2.01. The van der Waals surface area contributed by atoms with Gasteiger partial charge >= 0.3 is 0 Å². The van der Waals surface area contributed by atoms with Gasteiger partial charge in [0.25, 0.3) is 0 Å². The molecule has 0 fully saturated rings. The number of phenols is 1. The van der Waals surface area contributed by atoms with Crippen molar-refractivity contribution in [3.8, 4) is 5.75 Å². The summed E-state index contributed by atoms with van der Waals surface area (Å²) in [4.78, 5) is 11.9. The highest BCUT2D eigenvalue weighted by Crippen LogP contribution is 2.28. The summed E-state index contributed by atoms with van der Waals surface area (Å²) in [6.07, 6.45) is 0. The molecule has 1 amide bonds. The van der Waals surface area contributed by atoms with E-state index in [1.165, 1.54) is 6.07 Å². The second-order valence-electron chi connectivity index (χ2n) is 4.67. The Labute approximate surface area is 125 Å². The maximum Gasteiger partial charge on any atom is 0.247 e. The number of phenolic OH excluding ortho intramolecular Hbond substituents is 1. The second-order valence-corrected chi connectivity index (χ2v) is 5.59. The van der Waals surface area contributed by atoms with Crippen molar-refractivity contribution in [2.45, 2.75) is 12.5 Å². The number of carbonyl (C=O) groups excluding carboxylic acids is 1. The number of primary amides is 1. The fourth-order valence-electron chi connectivity index (χ4n) is 1.91. The molecule has 5 heteroatoms. The second kappa shape index (κ2) is 5.54. The van der Waals surface area contributed by atoms with Crippen LogP contribution in [0.15, 0.2) is 53.0 Å². The SMILES string of the molecule is CC(Nc1ccc(Br)cc1)(C(N)=O)c1cccc(O)c1. The molecule has 104 valence electrons. The lowest BCUT2D eigenvalue weighted by atomic mass is 9.90. The number of nitrogens with two attached hydrogens (primary N) is 1. The molecule has 0 aromatic heterocycles. The van der Waals surface area contributed by atoms with Crippen molar-refractivity contribution >= 4 is 27.5 Å². The largest absolute Gasteiger partial charge is 0.508 e. The van der Waals surface area contributed by atoms with Crippen LogP contribution < -0.4 is 11.1 Å². The van der Waals surface area contributed by atoms with Crippen LogP contribution in [-0.2, 0) is 10.3 Å². The molecule has 0 spiro atoms. The van der Waals surface area contributed by atoms with E-state index in [2.05, 4.69) is 21.2 Å². The Kier molecular flexibility index (Phi) is 3.99. The summed E-state index contributed by atoms with van der Waals surface area (Å²) in [5, 5.41) is 12.7. The first kappa shape index (κ1) is 14.4. The lowest BCUT2D eigenvalue weighted by Gasteiger charge is -2.29. The maximum absolute atomic E-state index is 11.9. The predicted molar refractivity (Wildman–Crippen MR) is 82.4 cm³/mol. The van der Waals surface area contributed by atoms with Gasteiger partial charge in [-0.25, -0.2) is 0 Å². The average Bonchev–Trinajstić information content (AvgIpc) is 2.41. The Bertz CT molecular complexity index is 628. The normalized spacial score (nSPS) is 13.5. The van der Waals surface area contributed by atoms with E-state index in [1.807, 2.05) is 24.3 Å². The molecule has 1 atom stereocenters. The van der Waals surface area contributed by atoms with Gasteiger partial charge in [0.2, 0.25) is 5.91 Å². The van der Waals surface area contributed by atoms with Crippen molar-refractivity contribution < 1.29 is 9.90 Å². The van der Waals surface area contributed by atoms with Crippen LogP contribution in [0.1, 0.15) is 12.5 Å². The monoisotopic (exact) mass is 334 g/mol. The number of nitrogens with one attached hydrogen (secondary N) is 1. The standard InChI is InChI=1S/C15H15BrN2O2/c1-15(14(17)20,10-3-2-4-13(19)9-10)18-12-7-5-11(16)6-8-12/h2-9,18-19H,1H3,(H2,17,20). The summed E-state index contributed by atoms with van der Waals surface area (Å²) < 4.78 is 0.946. The lowest BCUT2D eigenvalue weighted by Crippen LogP contribution is -2.45. The smallest absolute Gasteiger partial charge is 0.247 e. The average molecular weight is 335 g/mol. The Morgan fingerprint density at radius 1 is 1.25 bits per heavy atom. The molecule has 2 aromatic carbocycles. The third-order valence-corrected chi connectivity index (χ3v) is 3.68. The molecule has 0 heterocycles. The molecule has 4 N–H and O–H groups in total. The molecular weight excluding hydrogens is 320 g/mol. The van der Waals surface area contributed by atoms with Gasteiger partial charge in [0.1, 0.15) is 11.3 Å². The van der Waals surface area contributed by atoms with Gasteiger partial charge in [0, 0.05) is 10.2 Å². The molecule has 20 heavy (non-hydrogen) atoms. The number of halogens is 1. The molecule has 1 unspecified atom stereocenters. The van der Waals surface area contributed by atoms with Gasteiger partial charge in [0.05, 0.1) is 0 Å². The molecule has 0 saturated carbocycles. The van der Waals surface area contributed by atoms with E-state index in [0.717, 1.165) is 10.2 Å². The van der Waals surface area contributed by atoms with E-state index in [4.69, 9.17) is 5.73 Å². The topological polar surface area (TPSA) is 75.3 Å². The van der Waals surface area contributed by atoms with Gasteiger partial charge < -0.3 is 16.2 Å². The van der Waals surface area contributed by atoms with E-state index >= 15 is 0 Å². The molecule has 0 saturated heterocycles. The number of anilines is 1. The van der Waals surface area contributed by atoms with Crippen LogP contribution in [0.2, 0.25) is 0 Å². The molecule has 0 aliphatic rings. The Morgan fingerprint density at radius 2 is 1.90 bits per heavy atom. The Balaban J connectivity index is 2.39. The zero-order chi connectivity index (χ0) is 14.8. The Morgan fingerprint density at radius 3 is 2.45 bits per heavy atom. The van der Waals surface area contributed by atoms with E-state index in [0.29, 0.717) is 5.56 Å². The maximum atomic E-state index is 11.9. The molecular formula is C15H15BrN2O2. The molecule has 2 aromatic rings. The molecule has 0 aliphatic heterocycles. The number of aromatic hydroxyl groups is 1. The fraction of sp³-hybridized carbons (Fsp3) is 0.133. The summed E-state index contributed by atoms with van der Waals surface area (Å²) in [7, 11) is 0. The molecule has 2 rings (SSSR count). The van der Waals surface area contributed by atoms with E-state index in [1.54, 1.807) is 25.1 Å². The minimum Gasteiger partial charge on any atom is -0.508 e. The van der Waals surface area contributed by atoms with E-state index in [-0.39, 0.29) is 5.75 Å². The van der Waals surface area contributed by atoms with Crippen LogP contribution >= 0.6 is 15.9 Å². The zero-order valence-electron chi connectivity index (χ0n) is 10.9. The number of amides is 1. The molecule has 0 bridgehead atoms. The molecule has 0 radical (unpaired) electrons. The summed E-state index contributed by atoms with van der Waals surface area (Å²) in [5.74, 6) is -0.432. The predicted octanol–water partition coefficient (Wildman–Crippen LogP) is 2.97. The van der Waals surface area contributed by atoms with E-state index < -0.39 is 11.4 Å². The van der Waals surface area contributed by atoms with Crippen molar-refractivity contribution in [3.63, 3.8) is 0 Å². The van der Waals surface area contributed by atoms with Crippen LogP contribution in [0.4, 0.5) is 5.69 Å². The summed E-state index contributed by atoms with van der Waals surface area (Å²) >= 11 is 3.36. The first-order chi connectivity index (χ1) is 9.41. The number of hydrogen-bond donors (Lipinski definition) is 3. The van der Waals surface area contributed by atoms with E-state index in [9.17, 15) is 9.90 Å². The zero-order valence-corrected chi connectivity index (χ0v) is 12.5. The molecule has 4 nitrogen and oxygen atoms in total. The summed E-state index contributed by atoms with van der Waals surface area (Å²) in [5.41, 5.74) is 5.80. The van der Waals surface area contributed by atoms with Crippen LogP contribution in [0.3, 0.4) is 0 Å². The first-order valence-corrected chi connectivity index (χ1v) is 6.84. The van der Waals surface area contributed by atoms with Gasteiger partial charge in [-0.05, 0) is 48.9 Å². The van der Waals surface area contributed by atoms with Gasteiger partial charge in [-0.15, -0.1) is 0 Å². The minimum absolute atomic E-state index is 0.0904. The van der Waals surface area contributed by atoms with Crippen LogP contribution in [-0.4, -0.2) is 11.0 Å². The fourth-order valence-corrected chi connectivity index (χ4v) is 2.18. The number of benzene rings is 2. The number of carbonyl (C=O) groups is 1. The van der Waals surface area contributed by atoms with Gasteiger partial charge in [-0.2, -0.15) is 0 Å². The molecule has 0 aliphatic carbocycles. The van der Waals surface area contributed by atoms with Crippen molar-refractivity contribution in [2.75, 3.05) is 5.32 Å². The van der Waals surface area contributed by atoms with Crippen molar-refractivity contribution in [2.24, 2.45) is 5.73 Å². The van der Waals surface area contributed by atoms with Crippen LogP contribution in [0.25, 0.3) is 0 Å². The quantitative estimate of drug-likeness (QED) is 0.804. The third kappa shape index (κ3) is 2.93.